The van der Waals surface area contributed by atoms with Gasteiger partial charge in [0.15, 0.2) is 0 Å². The summed E-state index contributed by atoms with van der Waals surface area (Å²) >= 11 is 1.88. The van der Waals surface area contributed by atoms with E-state index in [0.717, 1.165) is 17.0 Å². The molecule has 0 amide bonds. The monoisotopic (exact) mass is 281 g/mol. The first-order valence-corrected chi connectivity index (χ1v) is 7.61. The summed E-state index contributed by atoms with van der Waals surface area (Å²) in [5.74, 6) is 6.23. The number of hydrogen-bond acceptors (Lipinski definition) is 5. The lowest BCUT2D eigenvalue weighted by atomic mass is 10.0. The Hall–Kier alpha value is -1.27. The van der Waals surface area contributed by atoms with E-state index in [2.05, 4.69) is 5.43 Å². The van der Waals surface area contributed by atoms with Crippen molar-refractivity contribution in [2.45, 2.75) is 43.1 Å². The van der Waals surface area contributed by atoms with Crippen molar-refractivity contribution in [2.24, 2.45) is 5.84 Å². The van der Waals surface area contributed by atoms with E-state index in [4.69, 9.17) is 5.84 Å². The van der Waals surface area contributed by atoms with Crippen LogP contribution in [-0.2, 0) is 5.75 Å². The van der Waals surface area contributed by atoms with Crippen LogP contribution in [-0.4, -0.2) is 10.2 Å². The van der Waals surface area contributed by atoms with Crippen molar-refractivity contribution >= 4 is 23.1 Å². The lowest BCUT2D eigenvalue weighted by Gasteiger charge is -2.21. The standard InChI is InChI=1S/C13H19N3O2S/c14-15-13-7-6-11(16(17)18)8-10(13)9-19-12-4-2-1-3-5-12/h6-8,12,15H,1-5,9,14H2. The van der Waals surface area contributed by atoms with E-state index in [1.54, 1.807) is 12.1 Å². The third-order valence-corrected chi connectivity index (χ3v) is 4.90. The SMILES string of the molecule is NNc1ccc([N+](=O)[O-])cc1CSC1CCCCC1. The number of hydrazine groups is 1. The lowest BCUT2D eigenvalue weighted by Crippen LogP contribution is -2.11. The van der Waals surface area contributed by atoms with E-state index in [9.17, 15) is 10.1 Å². The minimum atomic E-state index is -0.366. The molecule has 0 spiro atoms. The summed E-state index contributed by atoms with van der Waals surface area (Å²) in [5.41, 5.74) is 4.42. The molecule has 6 heteroatoms. The zero-order valence-corrected chi connectivity index (χ0v) is 11.6. The summed E-state index contributed by atoms with van der Waals surface area (Å²) in [7, 11) is 0. The fourth-order valence-corrected chi connectivity index (χ4v) is 3.71. The molecule has 104 valence electrons. The normalized spacial score (nSPS) is 16.3. The van der Waals surface area contributed by atoms with Crippen LogP contribution in [0.5, 0.6) is 0 Å². The van der Waals surface area contributed by atoms with Crippen molar-refractivity contribution in [3.8, 4) is 0 Å². The van der Waals surface area contributed by atoms with Crippen LogP contribution in [0.25, 0.3) is 0 Å². The Labute approximate surface area is 117 Å². The molecule has 19 heavy (non-hydrogen) atoms. The van der Waals surface area contributed by atoms with Gasteiger partial charge in [-0.2, -0.15) is 11.8 Å². The first-order valence-electron chi connectivity index (χ1n) is 6.56. The second-order valence-corrected chi connectivity index (χ2v) is 6.10. The van der Waals surface area contributed by atoms with Crippen molar-refractivity contribution in [3.63, 3.8) is 0 Å². The summed E-state index contributed by atoms with van der Waals surface area (Å²) in [4.78, 5) is 10.4. The maximum Gasteiger partial charge on any atom is 0.269 e. The smallest absolute Gasteiger partial charge is 0.269 e. The first-order chi connectivity index (χ1) is 9.20. The third-order valence-electron chi connectivity index (χ3n) is 3.48. The van der Waals surface area contributed by atoms with Gasteiger partial charge in [-0.25, -0.2) is 0 Å². The predicted octanol–water partition coefficient (Wildman–Crippen LogP) is 3.45. The highest BCUT2D eigenvalue weighted by atomic mass is 32.2. The number of anilines is 1. The number of rotatable bonds is 5. The molecule has 1 aromatic carbocycles. The Morgan fingerprint density at radius 1 is 1.37 bits per heavy atom. The molecule has 1 aliphatic rings. The quantitative estimate of drug-likeness (QED) is 0.491. The molecule has 1 fully saturated rings. The Kier molecular flexibility index (Phi) is 5.04. The number of benzene rings is 1. The number of nitrogen functional groups attached to an aromatic ring is 1. The van der Waals surface area contributed by atoms with Gasteiger partial charge in [0.1, 0.15) is 0 Å². The Balaban J connectivity index is 2.04. The van der Waals surface area contributed by atoms with Gasteiger partial charge in [-0.05, 0) is 24.5 Å². The van der Waals surface area contributed by atoms with Crippen molar-refractivity contribution < 1.29 is 4.92 Å². The number of nitro groups is 1. The zero-order chi connectivity index (χ0) is 13.7. The van der Waals surface area contributed by atoms with Crippen LogP contribution in [0.4, 0.5) is 11.4 Å². The fourth-order valence-electron chi connectivity index (χ4n) is 2.39. The van der Waals surface area contributed by atoms with Gasteiger partial charge in [-0.3, -0.25) is 16.0 Å². The van der Waals surface area contributed by atoms with Gasteiger partial charge in [0, 0.05) is 23.1 Å². The molecule has 0 aromatic heterocycles. The van der Waals surface area contributed by atoms with E-state index >= 15 is 0 Å². The van der Waals surface area contributed by atoms with E-state index in [0.29, 0.717) is 5.25 Å². The van der Waals surface area contributed by atoms with E-state index < -0.39 is 0 Å². The molecule has 0 bridgehead atoms. The van der Waals surface area contributed by atoms with Crippen molar-refractivity contribution in [2.75, 3.05) is 5.43 Å². The van der Waals surface area contributed by atoms with Crippen LogP contribution < -0.4 is 11.3 Å². The molecular formula is C13H19N3O2S. The highest BCUT2D eigenvalue weighted by molar-refractivity contribution is 7.99. The van der Waals surface area contributed by atoms with Gasteiger partial charge < -0.3 is 5.43 Å². The van der Waals surface area contributed by atoms with Gasteiger partial charge in [0.25, 0.3) is 5.69 Å². The summed E-state index contributed by atoms with van der Waals surface area (Å²) in [6.45, 7) is 0. The molecule has 0 aliphatic heterocycles. The van der Waals surface area contributed by atoms with Gasteiger partial charge in [-0.15, -0.1) is 0 Å². The largest absolute Gasteiger partial charge is 0.324 e. The highest BCUT2D eigenvalue weighted by Crippen LogP contribution is 2.33. The number of non-ortho nitro benzene ring substituents is 1. The molecule has 0 atom stereocenters. The molecular weight excluding hydrogens is 262 g/mol. The molecule has 1 aromatic rings. The maximum atomic E-state index is 10.8. The first kappa shape index (κ1) is 14.1. The molecule has 0 unspecified atom stereocenters. The number of nitrogens with zero attached hydrogens (tertiary/aromatic N) is 1. The molecule has 0 radical (unpaired) electrons. The fraction of sp³-hybridized carbons (Fsp3) is 0.538. The molecule has 1 saturated carbocycles. The average Bonchev–Trinajstić information content (AvgIpc) is 2.45. The van der Waals surface area contributed by atoms with E-state index in [1.807, 2.05) is 11.8 Å². The Morgan fingerprint density at radius 2 is 2.11 bits per heavy atom. The summed E-state index contributed by atoms with van der Waals surface area (Å²) in [6.07, 6.45) is 6.45. The number of nitrogens with one attached hydrogen (secondary N) is 1. The highest BCUT2D eigenvalue weighted by Gasteiger charge is 2.16. The van der Waals surface area contributed by atoms with Crippen LogP contribution >= 0.6 is 11.8 Å². The Bertz CT molecular complexity index is 448. The van der Waals surface area contributed by atoms with Gasteiger partial charge in [0.2, 0.25) is 0 Å². The number of thioether (sulfide) groups is 1. The minimum absolute atomic E-state index is 0.123. The zero-order valence-electron chi connectivity index (χ0n) is 10.8. The van der Waals surface area contributed by atoms with Crippen LogP contribution in [0.15, 0.2) is 18.2 Å². The topological polar surface area (TPSA) is 81.2 Å². The van der Waals surface area contributed by atoms with Gasteiger partial charge >= 0.3 is 0 Å². The number of hydrogen-bond donors (Lipinski definition) is 2. The maximum absolute atomic E-state index is 10.8. The molecule has 3 N–H and O–H groups in total. The van der Waals surface area contributed by atoms with Crippen LogP contribution in [0.3, 0.4) is 0 Å². The summed E-state index contributed by atoms with van der Waals surface area (Å²) in [5, 5.41) is 11.5. The molecule has 1 aliphatic carbocycles. The third kappa shape index (κ3) is 3.84. The second kappa shape index (κ2) is 6.77. The number of nitrogens with two attached hydrogens (primary N) is 1. The van der Waals surface area contributed by atoms with Gasteiger partial charge in [-0.1, -0.05) is 19.3 Å². The molecule has 2 rings (SSSR count). The molecule has 0 saturated heterocycles. The second-order valence-electron chi connectivity index (χ2n) is 4.81. The van der Waals surface area contributed by atoms with Gasteiger partial charge in [0.05, 0.1) is 10.6 Å². The van der Waals surface area contributed by atoms with Crippen LogP contribution in [0.1, 0.15) is 37.7 Å². The van der Waals surface area contributed by atoms with E-state index in [-0.39, 0.29) is 10.6 Å². The van der Waals surface area contributed by atoms with E-state index in [1.165, 1.54) is 38.2 Å². The van der Waals surface area contributed by atoms with Crippen LogP contribution in [0, 0.1) is 10.1 Å². The summed E-state index contributed by atoms with van der Waals surface area (Å²) in [6, 6.07) is 4.77. The molecule has 0 heterocycles. The number of nitro benzene ring substituents is 1. The average molecular weight is 281 g/mol. The van der Waals surface area contributed by atoms with Crippen molar-refractivity contribution in [1.82, 2.24) is 0 Å². The van der Waals surface area contributed by atoms with Crippen LogP contribution in [0.2, 0.25) is 0 Å². The predicted molar refractivity (Wildman–Crippen MR) is 79.1 cm³/mol. The van der Waals surface area contributed by atoms with Crippen molar-refractivity contribution in [3.05, 3.63) is 33.9 Å². The molecule has 5 nitrogen and oxygen atoms in total. The minimum Gasteiger partial charge on any atom is -0.324 e. The Morgan fingerprint density at radius 3 is 2.74 bits per heavy atom. The lowest BCUT2D eigenvalue weighted by molar-refractivity contribution is -0.384. The summed E-state index contributed by atoms with van der Waals surface area (Å²) < 4.78 is 0. The van der Waals surface area contributed by atoms with Crippen molar-refractivity contribution in [1.29, 1.82) is 0 Å².